The maximum absolute atomic E-state index is 12.7. The van der Waals surface area contributed by atoms with Crippen molar-refractivity contribution < 1.29 is 22.8 Å². The highest BCUT2D eigenvalue weighted by Gasteiger charge is 2.37. The first-order valence-electron chi connectivity index (χ1n) is 7.02. The van der Waals surface area contributed by atoms with E-state index in [9.17, 15) is 18.0 Å². The molecule has 6 nitrogen and oxygen atoms in total. The summed E-state index contributed by atoms with van der Waals surface area (Å²) >= 11 is 0.984. The number of halogens is 3. The number of fused-ring (bicyclic) bond motifs is 1. The van der Waals surface area contributed by atoms with Gasteiger partial charge in [0.25, 0.3) is 5.82 Å². The molecular formula is C15H11F3N4O2S. The van der Waals surface area contributed by atoms with Gasteiger partial charge in [-0.3, -0.25) is 0 Å². The number of benzene rings is 1. The van der Waals surface area contributed by atoms with Crippen molar-refractivity contribution >= 4 is 28.0 Å². The van der Waals surface area contributed by atoms with Crippen LogP contribution in [0.3, 0.4) is 0 Å². The summed E-state index contributed by atoms with van der Waals surface area (Å²) < 4.78 is 39.0. The van der Waals surface area contributed by atoms with Crippen LogP contribution in [0.2, 0.25) is 0 Å². The van der Waals surface area contributed by atoms with Gasteiger partial charge in [-0.05, 0) is 26.0 Å². The largest absolute Gasteiger partial charge is 0.453 e. The molecule has 0 aliphatic heterocycles. The summed E-state index contributed by atoms with van der Waals surface area (Å²) in [5.41, 5.74) is 1.11. The maximum Gasteiger partial charge on any atom is 0.453 e. The lowest BCUT2D eigenvalue weighted by Crippen LogP contribution is -2.08. The minimum atomic E-state index is -4.60. The van der Waals surface area contributed by atoms with Crippen LogP contribution in [-0.2, 0) is 11.0 Å². The Kier molecular flexibility index (Phi) is 4.29. The number of aryl methyl sites for hydroxylation is 1. The van der Waals surface area contributed by atoms with Crippen LogP contribution in [0.4, 0.5) is 13.2 Å². The van der Waals surface area contributed by atoms with Crippen LogP contribution in [0, 0.1) is 6.92 Å². The third-order valence-electron chi connectivity index (χ3n) is 3.27. The molecule has 25 heavy (non-hydrogen) atoms. The number of carbonyl (C=O) groups is 1. The zero-order valence-electron chi connectivity index (χ0n) is 13.0. The third kappa shape index (κ3) is 3.38. The average molecular weight is 368 g/mol. The lowest BCUT2D eigenvalue weighted by Gasteiger charge is -2.01. The van der Waals surface area contributed by atoms with E-state index < -0.39 is 18.0 Å². The minimum Gasteiger partial charge on any atom is -0.313 e. The Balaban J connectivity index is 1.84. The van der Waals surface area contributed by atoms with E-state index in [0.717, 1.165) is 15.9 Å². The van der Waals surface area contributed by atoms with Crippen LogP contribution < -0.4 is 0 Å². The normalized spacial score (nSPS) is 12.6. The number of rotatable bonds is 3. The van der Waals surface area contributed by atoms with Crippen molar-refractivity contribution in [2.24, 2.45) is 5.16 Å². The Morgan fingerprint density at radius 3 is 2.56 bits per heavy atom. The van der Waals surface area contributed by atoms with Gasteiger partial charge in [-0.2, -0.15) is 18.2 Å². The average Bonchev–Trinajstić information content (AvgIpc) is 3.13. The Hall–Kier alpha value is -2.75. The van der Waals surface area contributed by atoms with Crippen LogP contribution in [-0.4, -0.2) is 26.3 Å². The predicted molar refractivity (Wildman–Crippen MR) is 84.7 cm³/mol. The van der Waals surface area contributed by atoms with E-state index in [-0.39, 0.29) is 4.96 Å². The molecule has 0 amide bonds. The van der Waals surface area contributed by atoms with E-state index >= 15 is 0 Å². The van der Waals surface area contributed by atoms with Crippen LogP contribution in [0.5, 0.6) is 0 Å². The van der Waals surface area contributed by atoms with E-state index in [1.165, 1.54) is 0 Å². The van der Waals surface area contributed by atoms with Crippen molar-refractivity contribution in [1.29, 1.82) is 0 Å². The van der Waals surface area contributed by atoms with E-state index in [0.29, 0.717) is 21.8 Å². The summed E-state index contributed by atoms with van der Waals surface area (Å²) in [5.74, 6) is -1.82. The number of thiazole rings is 1. The Morgan fingerprint density at radius 2 is 1.96 bits per heavy atom. The predicted octanol–water partition coefficient (Wildman–Crippen LogP) is 3.70. The van der Waals surface area contributed by atoms with Gasteiger partial charge in [0.05, 0.1) is 21.8 Å². The van der Waals surface area contributed by atoms with E-state index in [1.54, 1.807) is 44.2 Å². The van der Waals surface area contributed by atoms with Gasteiger partial charge in [0.15, 0.2) is 0 Å². The molecule has 3 rings (SSSR count). The number of nitrogens with zero attached hydrogens (tertiary/aromatic N) is 4. The first-order valence-corrected chi connectivity index (χ1v) is 7.83. The summed E-state index contributed by atoms with van der Waals surface area (Å²) in [6.45, 7) is 3.17. The third-order valence-corrected chi connectivity index (χ3v) is 4.52. The molecule has 2 aromatic heterocycles. The Labute approximate surface area is 143 Å². The molecule has 3 aromatic rings. The van der Waals surface area contributed by atoms with Crippen molar-refractivity contribution in [2.75, 3.05) is 0 Å². The quantitative estimate of drug-likeness (QED) is 0.402. The second-order valence-corrected chi connectivity index (χ2v) is 6.04. The maximum atomic E-state index is 12.7. The van der Waals surface area contributed by atoms with Gasteiger partial charge in [0.2, 0.25) is 4.96 Å². The van der Waals surface area contributed by atoms with Crippen LogP contribution in [0.1, 0.15) is 33.7 Å². The van der Waals surface area contributed by atoms with Gasteiger partial charge < -0.3 is 4.84 Å². The summed E-state index contributed by atoms with van der Waals surface area (Å²) in [4.78, 5) is 20.8. The Morgan fingerprint density at radius 1 is 1.28 bits per heavy atom. The molecule has 0 radical (unpaired) electrons. The molecule has 10 heteroatoms. The fourth-order valence-electron chi connectivity index (χ4n) is 2.08. The van der Waals surface area contributed by atoms with Gasteiger partial charge in [-0.25, -0.2) is 9.31 Å². The van der Waals surface area contributed by atoms with Gasteiger partial charge in [-0.1, -0.05) is 34.7 Å². The van der Waals surface area contributed by atoms with Crippen molar-refractivity contribution in [3.63, 3.8) is 0 Å². The van der Waals surface area contributed by atoms with Crippen LogP contribution in [0.15, 0.2) is 35.5 Å². The van der Waals surface area contributed by atoms with E-state index in [2.05, 4.69) is 15.2 Å². The number of carbonyl (C=O) groups excluding carboxylic acids is 1. The highest BCUT2D eigenvalue weighted by Crippen LogP contribution is 2.30. The van der Waals surface area contributed by atoms with Crippen LogP contribution in [0.25, 0.3) is 4.96 Å². The lowest BCUT2D eigenvalue weighted by atomic mass is 10.2. The van der Waals surface area contributed by atoms with Gasteiger partial charge in [-0.15, -0.1) is 5.10 Å². The fourth-order valence-corrected chi connectivity index (χ4v) is 3.08. The molecule has 0 spiro atoms. The minimum absolute atomic E-state index is 0.0868. The monoisotopic (exact) mass is 368 g/mol. The molecule has 130 valence electrons. The number of alkyl halides is 3. The number of hydrogen-bond donors (Lipinski definition) is 0. The summed E-state index contributed by atoms with van der Waals surface area (Å²) in [7, 11) is 0. The molecule has 0 saturated carbocycles. The van der Waals surface area contributed by atoms with Crippen molar-refractivity contribution in [3.8, 4) is 0 Å². The zero-order valence-corrected chi connectivity index (χ0v) is 13.9. The molecule has 2 heterocycles. The van der Waals surface area contributed by atoms with E-state index in [4.69, 9.17) is 4.84 Å². The van der Waals surface area contributed by atoms with E-state index in [1.807, 2.05) is 0 Å². The highest BCUT2D eigenvalue weighted by atomic mass is 32.1. The number of oxime groups is 1. The molecule has 0 aliphatic carbocycles. The molecule has 0 aliphatic rings. The second kappa shape index (κ2) is 6.28. The smallest absolute Gasteiger partial charge is 0.313 e. The SMILES string of the molecule is CC(=NOC(=O)c1ccccc1)c1sc2nc(C(F)(F)F)nn2c1C. The molecule has 1 aromatic carbocycles. The van der Waals surface area contributed by atoms with Gasteiger partial charge in [0.1, 0.15) is 0 Å². The van der Waals surface area contributed by atoms with Crippen molar-refractivity contribution in [1.82, 2.24) is 14.6 Å². The molecule has 0 N–H and O–H groups in total. The molecule has 0 bridgehead atoms. The van der Waals surface area contributed by atoms with Gasteiger partial charge >= 0.3 is 12.1 Å². The van der Waals surface area contributed by atoms with Crippen LogP contribution >= 0.6 is 11.3 Å². The first-order chi connectivity index (χ1) is 11.8. The summed E-state index contributed by atoms with van der Waals surface area (Å²) in [5, 5.41) is 7.22. The molecule has 0 fully saturated rings. The summed E-state index contributed by atoms with van der Waals surface area (Å²) in [6, 6.07) is 8.31. The van der Waals surface area contributed by atoms with Gasteiger partial charge in [0, 0.05) is 0 Å². The number of hydrogen-bond acceptors (Lipinski definition) is 6. The highest BCUT2D eigenvalue weighted by molar-refractivity contribution is 7.19. The zero-order chi connectivity index (χ0) is 18.2. The van der Waals surface area contributed by atoms with Crippen molar-refractivity contribution in [2.45, 2.75) is 20.0 Å². The topological polar surface area (TPSA) is 68.8 Å². The van der Waals surface area contributed by atoms with Crippen molar-refractivity contribution in [3.05, 3.63) is 52.3 Å². The standard InChI is InChI=1S/C15H11F3N4O2S/c1-8(21-24-12(23)10-6-4-3-5-7-10)11-9(2)22-14(25-11)19-13(20-22)15(16,17)18/h3-7H,1-2H3. The summed E-state index contributed by atoms with van der Waals surface area (Å²) in [6.07, 6.45) is -4.60. The molecule has 0 saturated heterocycles. The second-order valence-electron chi connectivity index (χ2n) is 5.07. The number of aromatic nitrogens is 3. The fraction of sp³-hybridized carbons (Fsp3) is 0.200. The first kappa shape index (κ1) is 17.1. The molecular weight excluding hydrogens is 357 g/mol. The lowest BCUT2D eigenvalue weighted by molar-refractivity contribution is -0.144. The molecule has 0 unspecified atom stereocenters. The molecule has 0 atom stereocenters. The Bertz CT molecular complexity index is 960.